The van der Waals surface area contributed by atoms with Crippen molar-refractivity contribution >= 4 is 0 Å². The van der Waals surface area contributed by atoms with E-state index in [4.69, 9.17) is 16.1 Å². The Morgan fingerprint density at radius 3 is 2.43 bits per heavy atom. The summed E-state index contributed by atoms with van der Waals surface area (Å²) in [5, 5.41) is 0. The predicted octanol–water partition coefficient (Wildman–Crippen LogP) is -0.795. The molecule has 0 saturated carbocycles. The number of hydrogen-bond donors (Lipinski definition) is 0. The van der Waals surface area contributed by atoms with E-state index < -0.39 is 0 Å². The van der Waals surface area contributed by atoms with Crippen LogP contribution in [0.25, 0.3) is 0 Å². The zero-order valence-electron chi connectivity index (χ0n) is 8.69. The molecule has 0 heterocycles. The average Bonchev–Trinajstić information content (AvgIpc) is 2.19. The second kappa shape index (κ2) is 7.70. The zero-order chi connectivity index (χ0) is 9.52. The fraction of sp³-hybridized carbons (Fsp3) is 0.273. The fourth-order valence-corrected chi connectivity index (χ4v) is 0.967. The Hall–Kier alpha value is -0.683. The van der Waals surface area contributed by atoms with Crippen molar-refractivity contribution in [2.75, 3.05) is 13.7 Å². The van der Waals surface area contributed by atoms with Crippen LogP contribution in [-0.2, 0) is 11.3 Å². The first kappa shape index (κ1) is 13.3. The summed E-state index contributed by atoms with van der Waals surface area (Å²) in [7, 11) is 1.65. The maximum Gasteiger partial charge on any atom is 1.00 e. The molecule has 0 aliphatic heterocycles. The first-order valence-electron chi connectivity index (χ1n) is 4.11. The van der Waals surface area contributed by atoms with Gasteiger partial charge in [0.2, 0.25) is 0 Å². The van der Waals surface area contributed by atoms with E-state index in [0.29, 0.717) is 13.2 Å². The number of rotatable bonds is 5. The summed E-state index contributed by atoms with van der Waals surface area (Å²) in [5.41, 5.74) is 1.11. The third-order valence-electron chi connectivity index (χ3n) is 1.64. The van der Waals surface area contributed by atoms with Gasteiger partial charge in [0.1, 0.15) is 5.75 Å². The van der Waals surface area contributed by atoms with Crippen LogP contribution < -0.4 is 23.6 Å². The minimum atomic E-state index is 0. The topological polar surface area (TPSA) is 18.5 Å². The minimum Gasteiger partial charge on any atom is -0.516 e. The van der Waals surface area contributed by atoms with Crippen LogP contribution in [0.3, 0.4) is 0 Å². The third-order valence-corrected chi connectivity index (χ3v) is 1.64. The summed E-state index contributed by atoms with van der Waals surface area (Å²) < 4.78 is 10.2. The van der Waals surface area contributed by atoms with Gasteiger partial charge in [-0.2, -0.15) is 0 Å². The Labute approximate surface area is 97.1 Å². The van der Waals surface area contributed by atoms with Gasteiger partial charge in [-0.1, -0.05) is 12.1 Å². The van der Waals surface area contributed by atoms with E-state index in [1.807, 2.05) is 24.3 Å². The molecule has 14 heavy (non-hydrogen) atoms. The Morgan fingerprint density at radius 2 is 1.93 bits per heavy atom. The summed E-state index contributed by atoms with van der Waals surface area (Å²) in [6, 6.07) is 7.75. The minimum absolute atomic E-state index is 0. The second-order valence-electron chi connectivity index (χ2n) is 2.60. The van der Waals surface area contributed by atoms with Gasteiger partial charge in [0.25, 0.3) is 0 Å². The molecule has 0 N–H and O–H groups in total. The van der Waals surface area contributed by atoms with Crippen LogP contribution in [0.5, 0.6) is 5.75 Å². The van der Waals surface area contributed by atoms with Gasteiger partial charge >= 0.3 is 18.9 Å². The molecule has 0 atom stereocenters. The molecule has 0 aromatic heterocycles. The SMILES string of the molecule is [CH-]=CCOCc1ccc(OC)cc1.[Li+]. The first-order valence-corrected chi connectivity index (χ1v) is 4.11. The van der Waals surface area contributed by atoms with Crippen LogP contribution in [0.1, 0.15) is 5.56 Å². The molecule has 0 amide bonds. The maximum absolute atomic E-state index is 5.22. The molecular weight excluding hydrogens is 171 g/mol. The molecule has 2 nitrogen and oxygen atoms in total. The molecule has 0 unspecified atom stereocenters. The van der Waals surface area contributed by atoms with Crippen LogP contribution in [-0.4, -0.2) is 13.7 Å². The van der Waals surface area contributed by atoms with Gasteiger partial charge in [-0.25, -0.2) is 6.08 Å². The van der Waals surface area contributed by atoms with Gasteiger partial charge in [-0.15, -0.1) is 0 Å². The summed E-state index contributed by atoms with van der Waals surface area (Å²) in [5.74, 6) is 0.856. The Balaban J connectivity index is 0.00000169. The van der Waals surface area contributed by atoms with E-state index >= 15 is 0 Å². The largest absolute Gasteiger partial charge is 1.00 e. The Kier molecular flexibility index (Phi) is 7.32. The van der Waals surface area contributed by atoms with E-state index in [2.05, 4.69) is 0 Å². The molecule has 0 aliphatic carbocycles. The molecule has 0 radical (unpaired) electrons. The molecule has 0 bridgehead atoms. The van der Waals surface area contributed by atoms with Gasteiger partial charge in [0.15, 0.2) is 0 Å². The third kappa shape index (κ3) is 4.52. The molecule has 0 spiro atoms. The zero-order valence-corrected chi connectivity index (χ0v) is 8.69. The Bertz CT molecular complexity index is 256. The summed E-state index contributed by atoms with van der Waals surface area (Å²) in [4.78, 5) is 0. The van der Waals surface area contributed by atoms with Crippen molar-refractivity contribution in [2.24, 2.45) is 0 Å². The van der Waals surface area contributed by atoms with Crippen LogP contribution >= 0.6 is 0 Å². The number of methoxy groups -OCH3 is 1. The van der Waals surface area contributed by atoms with Crippen molar-refractivity contribution < 1.29 is 28.3 Å². The van der Waals surface area contributed by atoms with Crippen LogP contribution in [0, 0.1) is 6.58 Å². The standard InChI is InChI=1S/C11H13O2.Li/c1-3-8-13-9-10-4-6-11(12-2)7-5-10;/h1,3-7H,8-9H2,2H3;/q-1;+1. The van der Waals surface area contributed by atoms with E-state index in [-0.39, 0.29) is 18.9 Å². The first-order chi connectivity index (χ1) is 6.36. The van der Waals surface area contributed by atoms with Gasteiger partial charge in [0.05, 0.1) is 13.7 Å². The smallest absolute Gasteiger partial charge is 0.516 e. The summed E-state index contributed by atoms with van der Waals surface area (Å²) >= 11 is 0. The summed E-state index contributed by atoms with van der Waals surface area (Å²) in [6.45, 7) is 6.23. The van der Waals surface area contributed by atoms with Crippen molar-refractivity contribution in [3.63, 3.8) is 0 Å². The van der Waals surface area contributed by atoms with Crippen molar-refractivity contribution in [3.05, 3.63) is 42.5 Å². The normalized spacial score (nSPS) is 8.93. The molecule has 0 aliphatic rings. The quantitative estimate of drug-likeness (QED) is 0.339. The van der Waals surface area contributed by atoms with E-state index in [1.54, 1.807) is 7.11 Å². The van der Waals surface area contributed by atoms with Crippen molar-refractivity contribution in [1.29, 1.82) is 0 Å². The van der Waals surface area contributed by atoms with Crippen LogP contribution in [0.4, 0.5) is 0 Å². The number of ether oxygens (including phenoxy) is 2. The molecule has 1 rings (SSSR count). The van der Waals surface area contributed by atoms with Gasteiger partial charge in [-0.05, 0) is 17.7 Å². The van der Waals surface area contributed by atoms with E-state index in [9.17, 15) is 0 Å². The molecule has 70 valence electrons. The van der Waals surface area contributed by atoms with Crippen LogP contribution in [0.15, 0.2) is 30.3 Å². The van der Waals surface area contributed by atoms with Gasteiger partial charge in [-0.3, -0.25) is 0 Å². The second-order valence-corrected chi connectivity index (χ2v) is 2.60. The van der Waals surface area contributed by atoms with E-state index in [1.165, 1.54) is 6.08 Å². The average molecular weight is 184 g/mol. The van der Waals surface area contributed by atoms with E-state index in [0.717, 1.165) is 11.3 Å². The molecule has 0 fully saturated rings. The van der Waals surface area contributed by atoms with Gasteiger partial charge < -0.3 is 16.1 Å². The summed E-state index contributed by atoms with van der Waals surface area (Å²) in [6.07, 6.45) is 1.49. The Morgan fingerprint density at radius 1 is 1.29 bits per heavy atom. The molecular formula is C11H13LiO2. The van der Waals surface area contributed by atoms with Crippen molar-refractivity contribution in [1.82, 2.24) is 0 Å². The van der Waals surface area contributed by atoms with Gasteiger partial charge in [0, 0.05) is 6.61 Å². The molecule has 3 heteroatoms. The maximum atomic E-state index is 5.22. The van der Waals surface area contributed by atoms with Crippen LogP contribution in [0.2, 0.25) is 0 Å². The predicted molar refractivity (Wildman–Crippen MR) is 51.5 cm³/mol. The fourth-order valence-electron chi connectivity index (χ4n) is 0.967. The number of hydrogen-bond acceptors (Lipinski definition) is 2. The molecule has 0 saturated heterocycles. The number of benzene rings is 1. The molecule has 1 aromatic carbocycles. The van der Waals surface area contributed by atoms with Crippen molar-refractivity contribution in [3.8, 4) is 5.75 Å². The monoisotopic (exact) mass is 184 g/mol. The molecule has 1 aromatic rings. The van der Waals surface area contributed by atoms with Crippen molar-refractivity contribution in [2.45, 2.75) is 6.61 Å².